The maximum Gasteiger partial charge on any atom is 0.404 e. The van der Waals surface area contributed by atoms with Gasteiger partial charge in [0.15, 0.2) is 0 Å². The van der Waals surface area contributed by atoms with E-state index < -0.39 is 17.1 Å². The third-order valence-electron chi connectivity index (χ3n) is 2.76. The maximum atomic E-state index is 12.1. The predicted molar refractivity (Wildman–Crippen MR) is 64.9 cm³/mol. The molecule has 0 spiro atoms. The zero-order chi connectivity index (χ0) is 13.7. The molecule has 5 heteroatoms. The van der Waals surface area contributed by atoms with Gasteiger partial charge in [0.25, 0.3) is 0 Å². The number of amides is 1. The number of carboxylic acid groups (broad SMARTS) is 1. The molecule has 100 valence electrons. The van der Waals surface area contributed by atoms with E-state index >= 15 is 0 Å². The Bertz CT molecular complexity index is 277. The smallest absolute Gasteiger partial charge is 0.404 e. The third kappa shape index (κ3) is 5.06. The summed E-state index contributed by atoms with van der Waals surface area (Å²) in [6, 6.07) is 0. The number of esters is 1. The van der Waals surface area contributed by atoms with Gasteiger partial charge in [-0.1, -0.05) is 13.8 Å². The van der Waals surface area contributed by atoms with Gasteiger partial charge in [0.2, 0.25) is 0 Å². The second-order valence-corrected chi connectivity index (χ2v) is 5.15. The van der Waals surface area contributed by atoms with E-state index in [1.165, 1.54) is 0 Å². The average Bonchev–Trinajstić information content (AvgIpc) is 2.17. The van der Waals surface area contributed by atoms with Crippen molar-refractivity contribution in [2.75, 3.05) is 6.54 Å². The summed E-state index contributed by atoms with van der Waals surface area (Å²) in [6.07, 6.45) is -0.0444. The SMILES string of the molecule is CCC(CC)(CNC(=O)O)C(=O)OC(C)(C)C. The van der Waals surface area contributed by atoms with Crippen molar-refractivity contribution in [3.63, 3.8) is 0 Å². The summed E-state index contributed by atoms with van der Waals surface area (Å²) in [4.78, 5) is 22.6. The molecular weight excluding hydrogens is 222 g/mol. The zero-order valence-corrected chi connectivity index (χ0v) is 11.3. The van der Waals surface area contributed by atoms with Gasteiger partial charge in [-0.3, -0.25) is 4.79 Å². The largest absolute Gasteiger partial charge is 0.465 e. The number of rotatable bonds is 5. The molecule has 0 rings (SSSR count). The highest BCUT2D eigenvalue weighted by atomic mass is 16.6. The van der Waals surface area contributed by atoms with E-state index in [-0.39, 0.29) is 12.5 Å². The van der Waals surface area contributed by atoms with Crippen LogP contribution in [0.15, 0.2) is 0 Å². The van der Waals surface area contributed by atoms with Gasteiger partial charge in [-0.2, -0.15) is 0 Å². The van der Waals surface area contributed by atoms with Crippen LogP contribution in [-0.2, 0) is 9.53 Å². The molecule has 0 aliphatic heterocycles. The summed E-state index contributed by atoms with van der Waals surface area (Å²) in [6.45, 7) is 9.20. The number of nitrogens with one attached hydrogen (secondary N) is 1. The number of carbonyl (C=O) groups is 2. The van der Waals surface area contributed by atoms with E-state index in [0.29, 0.717) is 12.8 Å². The molecular formula is C12H23NO4. The fourth-order valence-corrected chi connectivity index (χ4v) is 1.49. The standard InChI is InChI=1S/C12H23NO4/c1-6-12(7-2,8-13-10(15)16)9(14)17-11(3,4)5/h13H,6-8H2,1-5H3,(H,15,16). The number of hydrogen-bond donors (Lipinski definition) is 2. The third-order valence-corrected chi connectivity index (χ3v) is 2.76. The molecule has 0 bridgehead atoms. The fourth-order valence-electron chi connectivity index (χ4n) is 1.49. The summed E-state index contributed by atoms with van der Waals surface area (Å²) in [5.41, 5.74) is -1.33. The van der Waals surface area contributed by atoms with Crippen molar-refractivity contribution in [2.24, 2.45) is 5.41 Å². The molecule has 0 aliphatic rings. The highest BCUT2D eigenvalue weighted by Crippen LogP contribution is 2.29. The Hall–Kier alpha value is -1.26. The minimum atomic E-state index is -1.13. The molecule has 0 fully saturated rings. The second-order valence-electron chi connectivity index (χ2n) is 5.15. The first-order valence-electron chi connectivity index (χ1n) is 5.87. The lowest BCUT2D eigenvalue weighted by molar-refractivity contribution is -0.167. The first-order chi connectivity index (χ1) is 7.67. The molecule has 0 heterocycles. The van der Waals surface area contributed by atoms with Crippen molar-refractivity contribution in [3.8, 4) is 0 Å². The second kappa shape index (κ2) is 5.89. The molecule has 2 N–H and O–H groups in total. The van der Waals surface area contributed by atoms with Gasteiger partial charge in [0, 0.05) is 6.54 Å². The Kier molecular flexibility index (Phi) is 5.45. The molecule has 0 radical (unpaired) electrons. The van der Waals surface area contributed by atoms with Crippen LogP contribution >= 0.6 is 0 Å². The van der Waals surface area contributed by atoms with E-state index in [4.69, 9.17) is 9.84 Å². The molecule has 0 unspecified atom stereocenters. The normalized spacial score (nSPS) is 12.1. The molecule has 0 aromatic rings. The zero-order valence-electron chi connectivity index (χ0n) is 11.3. The average molecular weight is 245 g/mol. The monoisotopic (exact) mass is 245 g/mol. The van der Waals surface area contributed by atoms with Crippen molar-refractivity contribution >= 4 is 12.1 Å². The lowest BCUT2D eigenvalue weighted by atomic mass is 9.82. The molecule has 0 atom stereocenters. The van der Waals surface area contributed by atoms with E-state index in [2.05, 4.69) is 5.32 Å². The van der Waals surface area contributed by atoms with Gasteiger partial charge in [-0.05, 0) is 33.6 Å². The Morgan fingerprint density at radius 1 is 1.18 bits per heavy atom. The van der Waals surface area contributed by atoms with Crippen LogP contribution in [0, 0.1) is 5.41 Å². The minimum Gasteiger partial charge on any atom is -0.465 e. The molecule has 17 heavy (non-hydrogen) atoms. The van der Waals surface area contributed by atoms with E-state index in [1.807, 2.05) is 13.8 Å². The van der Waals surface area contributed by atoms with Gasteiger partial charge in [-0.25, -0.2) is 4.79 Å². The van der Waals surface area contributed by atoms with Crippen molar-refractivity contribution < 1.29 is 19.4 Å². The van der Waals surface area contributed by atoms with Crippen LogP contribution in [0.2, 0.25) is 0 Å². The van der Waals surface area contributed by atoms with E-state index in [9.17, 15) is 9.59 Å². The van der Waals surface area contributed by atoms with Crippen LogP contribution < -0.4 is 5.32 Å². The molecule has 0 saturated carbocycles. The van der Waals surface area contributed by atoms with Crippen molar-refractivity contribution in [3.05, 3.63) is 0 Å². The highest BCUT2D eigenvalue weighted by molar-refractivity contribution is 5.78. The van der Waals surface area contributed by atoms with Crippen LogP contribution in [0.4, 0.5) is 4.79 Å². The van der Waals surface area contributed by atoms with Gasteiger partial charge in [-0.15, -0.1) is 0 Å². The first kappa shape index (κ1) is 15.7. The number of carbonyl (C=O) groups excluding carboxylic acids is 1. The fraction of sp³-hybridized carbons (Fsp3) is 0.833. The van der Waals surface area contributed by atoms with Gasteiger partial charge in [0.05, 0.1) is 5.41 Å². The quantitative estimate of drug-likeness (QED) is 0.729. The molecule has 0 aliphatic carbocycles. The topological polar surface area (TPSA) is 75.6 Å². The minimum absolute atomic E-state index is 0.0875. The number of hydrogen-bond acceptors (Lipinski definition) is 3. The summed E-state index contributed by atoms with van der Waals surface area (Å²) >= 11 is 0. The van der Waals surface area contributed by atoms with Crippen LogP contribution in [0.25, 0.3) is 0 Å². The van der Waals surface area contributed by atoms with Crippen LogP contribution in [-0.4, -0.2) is 29.3 Å². The van der Waals surface area contributed by atoms with Crippen molar-refractivity contribution in [2.45, 2.75) is 53.1 Å². The van der Waals surface area contributed by atoms with Crippen molar-refractivity contribution in [1.29, 1.82) is 0 Å². The Morgan fingerprint density at radius 2 is 1.65 bits per heavy atom. The van der Waals surface area contributed by atoms with E-state index in [1.54, 1.807) is 20.8 Å². The molecule has 5 nitrogen and oxygen atoms in total. The summed E-state index contributed by atoms with van der Waals surface area (Å²) in [5, 5.41) is 10.9. The van der Waals surface area contributed by atoms with Gasteiger partial charge < -0.3 is 15.2 Å². The highest BCUT2D eigenvalue weighted by Gasteiger charge is 2.38. The Labute approximate surface area is 103 Å². The summed E-state index contributed by atoms with van der Waals surface area (Å²) in [7, 11) is 0. The van der Waals surface area contributed by atoms with Gasteiger partial charge in [0.1, 0.15) is 5.60 Å². The van der Waals surface area contributed by atoms with Crippen LogP contribution in [0.5, 0.6) is 0 Å². The first-order valence-corrected chi connectivity index (χ1v) is 5.87. The lowest BCUT2D eigenvalue weighted by Gasteiger charge is -2.32. The molecule has 1 amide bonds. The lowest BCUT2D eigenvalue weighted by Crippen LogP contribution is -2.45. The Balaban J connectivity index is 4.80. The predicted octanol–water partition coefficient (Wildman–Crippen LogP) is 2.40. The van der Waals surface area contributed by atoms with Gasteiger partial charge >= 0.3 is 12.1 Å². The molecule has 0 aromatic carbocycles. The maximum absolute atomic E-state index is 12.1. The molecule has 0 saturated heterocycles. The van der Waals surface area contributed by atoms with Crippen LogP contribution in [0.3, 0.4) is 0 Å². The van der Waals surface area contributed by atoms with E-state index in [0.717, 1.165) is 0 Å². The van der Waals surface area contributed by atoms with Crippen LogP contribution in [0.1, 0.15) is 47.5 Å². The molecule has 0 aromatic heterocycles. The Morgan fingerprint density at radius 3 is 1.94 bits per heavy atom. The summed E-state index contributed by atoms with van der Waals surface area (Å²) < 4.78 is 5.35. The van der Waals surface area contributed by atoms with Crippen molar-refractivity contribution in [1.82, 2.24) is 5.32 Å². The number of ether oxygens (including phenoxy) is 1. The summed E-state index contributed by atoms with van der Waals surface area (Å²) in [5.74, 6) is -0.344.